The van der Waals surface area contributed by atoms with Crippen molar-refractivity contribution in [1.29, 1.82) is 0 Å². The highest BCUT2D eigenvalue weighted by Crippen LogP contribution is 2.22. The summed E-state index contributed by atoms with van der Waals surface area (Å²) < 4.78 is 5.92. The highest BCUT2D eigenvalue weighted by molar-refractivity contribution is 9.10. The normalized spacial score (nSPS) is 12.3. The standard InChI is InChI=1S/C15H23BrN2O2/c1-5-18(6-2)10-11(3)17-15(19)13-9-12(20-4)7-8-14(13)16/h7-9,11H,5-6,10H2,1-4H3,(H,17,19). The molecule has 1 N–H and O–H groups in total. The van der Waals surface area contributed by atoms with E-state index in [0.717, 1.165) is 24.1 Å². The Morgan fingerprint density at radius 3 is 2.60 bits per heavy atom. The summed E-state index contributed by atoms with van der Waals surface area (Å²) in [5, 5.41) is 3.02. The second-order valence-electron chi connectivity index (χ2n) is 4.71. The number of amides is 1. The highest BCUT2D eigenvalue weighted by Gasteiger charge is 2.15. The first-order chi connectivity index (χ1) is 9.51. The lowest BCUT2D eigenvalue weighted by Gasteiger charge is -2.23. The Morgan fingerprint density at radius 1 is 1.40 bits per heavy atom. The molecular weight excluding hydrogens is 320 g/mol. The third-order valence-electron chi connectivity index (χ3n) is 3.22. The molecule has 1 amide bonds. The van der Waals surface area contributed by atoms with E-state index >= 15 is 0 Å². The quantitative estimate of drug-likeness (QED) is 0.828. The van der Waals surface area contributed by atoms with E-state index in [-0.39, 0.29) is 11.9 Å². The van der Waals surface area contributed by atoms with Crippen molar-refractivity contribution in [2.75, 3.05) is 26.7 Å². The van der Waals surface area contributed by atoms with E-state index in [0.29, 0.717) is 11.3 Å². The number of likely N-dealkylation sites (N-methyl/N-ethyl adjacent to an activating group) is 1. The molecule has 1 atom stereocenters. The topological polar surface area (TPSA) is 41.6 Å². The predicted octanol–water partition coefficient (Wildman–Crippen LogP) is 2.92. The molecule has 4 nitrogen and oxygen atoms in total. The predicted molar refractivity (Wildman–Crippen MR) is 85.4 cm³/mol. The number of carbonyl (C=O) groups excluding carboxylic acids is 1. The molecule has 20 heavy (non-hydrogen) atoms. The maximum atomic E-state index is 12.3. The molecule has 0 spiro atoms. The van der Waals surface area contributed by atoms with Gasteiger partial charge in [0.2, 0.25) is 0 Å². The van der Waals surface area contributed by atoms with Crippen LogP contribution in [0.3, 0.4) is 0 Å². The number of hydrogen-bond donors (Lipinski definition) is 1. The van der Waals surface area contributed by atoms with Crippen LogP contribution in [0.2, 0.25) is 0 Å². The summed E-state index contributed by atoms with van der Waals surface area (Å²) in [6.45, 7) is 9.08. The van der Waals surface area contributed by atoms with Crippen LogP contribution < -0.4 is 10.1 Å². The Bertz CT molecular complexity index is 447. The van der Waals surface area contributed by atoms with Crippen LogP contribution in [-0.2, 0) is 0 Å². The fourth-order valence-electron chi connectivity index (χ4n) is 2.02. The Labute approximate surface area is 129 Å². The Balaban J connectivity index is 2.71. The number of nitrogens with one attached hydrogen (secondary N) is 1. The smallest absolute Gasteiger partial charge is 0.252 e. The van der Waals surface area contributed by atoms with Gasteiger partial charge in [-0.25, -0.2) is 0 Å². The highest BCUT2D eigenvalue weighted by atomic mass is 79.9. The second-order valence-corrected chi connectivity index (χ2v) is 5.56. The number of nitrogens with zero attached hydrogens (tertiary/aromatic N) is 1. The van der Waals surface area contributed by atoms with Gasteiger partial charge < -0.3 is 15.0 Å². The SMILES string of the molecule is CCN(CC)CC(C)NC(=O)c1cc(OC)ccc1Br. The molecule has 0 aromatic heterocycles. The van der Waals surface area contributed by atoms with E-state index in [1.807, 2.05) is 19.1 Å². The van der Waals surface area contributed by atoms with Crippen molar-refractivity contribution in [1.82, 2.24) is 10.2 Å². The molecule has 0 heterocycles. The average Bonchev–Trinajstić information content (AvgIpc) is 2.45. The Morgan fingerprint density at radius 2 is 2.05 bits per heavy atom. The molecule has 1 aromatic rings. The van der Waals surface area contributed by atoms with Gasteiger partial charge in [0.15, 0.2) is 0 Å². The largest absolute Gasteiger partial charge is 0.497 e. The van der Waals surface area contributed by atoms with Crippen LogP contribution in [0.4, 0.5) is 0 Å². The van der Waals surface area contributed by atoms with Gasteiger partial charge in [0.25, 0.3) is 5.91 Å². The van der Waals surface area contributed by atoms with Crippen molar-refractivity contribution < 1.29 is 9.53 Å². The first kappa shape index (κ1) is 17.0. The van der Waals surface area contributed by atoms with Gasteiger partial charge in [0, 0.05) is 17.1 Å². The maximum Gasteiger partial charge on any atom is 0.252 e. The lowest BCUT2D eigenvalue weighted by atomic mass is 10.2. The summed E-state index contributed by atoms with van der Waals surface area (Å²) in [5.74, 6) is 0.588. The summed E-state index contributed by atoms with van der Waals surface area (Å²) >= 11 is 3.40. The van der Waals surface area contributed by atoms with Gasteiger partial charge in [-0.05, 0) is 54.1 Å². The molecule has 1 rings (SSSR count). The monoisotopic (exact) mass is 342 g/mol. The summed E-state index contributed by atoms with van der Waals surface area (Å²) in [4.78, 5) is 14.6. The minimum absolute atomic E-state index is 0.0876. The summed E-state index contributed by atoms with van der Waals surface area (Å²) in [7, 11) is 1.59. The second kappa shape index (κ2) is 8.27. The van der Waals surface area contributed by atoms with Crippen molar-refractivity contribution in [2.45, 2.75) is 26.8 Å². The van der Waals surface area contributed by atoms with Crippen molar-refractivity contribution in [3.63, 3.8) is 0 Å². The number of carbonyl (C=O) groups is 1. The lowest BCUT2D eigenvalue weighted by molar-refractivity contribution is 0.0929. The first-order valence-corrected chi connectivity index (χ1v) is 7.67. The molecule has 0 radical (unpaired) electrons. The average molecular weight is 343 g/mol. The zero-order chi connectivity index (χ0) is 15.1. The molecule has 0 fully saturated rings. The Hall–Kier alpha value is -1.07. The number of methoxy groups -OCH3 is 1. The minimum atomic E-state index is -0.0876. The molecule has 0 aliphatic rings. The third-order valence-corrected chi connectivity index (χ3v) is 3.91. The Kier molecular flexibility index (Phi) is 7.02. The fourth-order valence-corrected chi connectivity index (χ4v) is 2.45. The minimum Gasteiger partial charge on any atom is -0.497 e. The summed E-state index contributed by atoms with van der Waals surface area (Å²) in [6.07, 6.45) is 0. The van der Waals surface area contributed by atoms with E-state index in [9.17, 15) is 4.79 Å². The number of halogens is 1. The van der Waals surface area contributed by atoms with Gasteiger partial charge in [-0.15, -0.1) is 0 Å². The van der Waals surface area contributed by atoms with Crippen LogP contribution in [0.5, 0.6) is 5.75 Å². The summed E-state index contributed by atoms with van der Waals surface area (Å²) in [6, 6.07) is 5.48. The van der Waals surface area contributed by atoms with Gasteiger partial charge in [0.1, 0.15) is 5.75 Å². The van der Waals surface area contributed by atoms with E-state index in [1.54, 1.807) is 13.2 Å². The van der Waals surface area contributed by atoms with Crippen molar-refractivity contribution in [3.8, 4) is 5.75 Å². The van der Waals surface area contributed by atoms with Crippen LogP contribution in [0.1, 0.15) is 31.1 Å². The molecule has 0 saturated carbocycles. The van der Waals surface area contributed by atoms with Crippen LogP contribution >= 0.6 is 15.9 Å². The first-order valence-electron chi connectivity index (χ1n) is 6.88. The number of rotatable bonds is 7. The van der Waals surface area contributed by atoms with Crippen LogP contribution in [0, 0.1) is 0 Å². The van der Waals surface area contributed by atoms with Crippen LogP contribution in [0.15, 0.2) is 22.7 Å². The zero-order valence-corrected chi connectivity index (χ0v) is 14.2. The fraction of sp³-hybridized carbons (Fsp3) is 0.533. The number of hydrogen-bond acceptors (Lipinski definition) is 3. The third kappa shape index (κ3) is 4.80. The molecule has 112 valence electrons. The van der Waals surface area contributed by atoms with Gasteiger partial charge in [-0.2, -0.15) is 0 Å². The van der Waals surface area contributed by atoms with Gasteiger partial charge >= 0.3 is 0 Å². The molecule has 0 aliphatic carbocycles. The molecule has 1 aromatic carbocycles. The van der Waals surface area contributed by atoms with Gasteiger partial charge in [-0.1, -0.05) is 13.8 Å². The van der Waals surface area contributed by atoms with Crippen molar-refractivity contribution >= 4 is 21.8 Å². The lowest BCUT2D eigenvalue weighted by Crippen LogP contribution is -2.42. The van der Waals surface area contributed by atoms with Crippen molar-refractivity contribution in [2.24, 2.45) is 0 Å². The maximum absolute atomic E-state index is 12.3. The zero-order valence-electron chi connectivity index (χ0n) is 12.6. The van der Waals surface area contributed by atoms with Crippen LogP contribution in [-0.4, -0.2) is 43.6 Å². The molecule has 0 bridgehead atoms. The summed E-state index contributed by atoms with van der Waals surface area (Å²) in [5.41, 5.74) is 0.593. The van der Waals surface area contributed by atoms with E-state index in [2.05, 4.69) is 40.0 Å². The molecule has 0 saturated heterocycles. The van der Waals surface area contributed by atoms with E-state index < -0.39 is 0 Å². The van der Waals surface area contributed by atoms with Gasteiger partial charge in [-0.3, -0.25) is 4.79 Å². The molecular formula is C15H23BrN2O2. The van der Waals surface area contributed by atoms with E-state index in [1.165, 1.54) is 0 Å². The number of benzene rings is 1. The van der Waals surface area contributed by atoms with Crippen molar-refractivity contribution in [3.05, 3.63) is 28.2 Å². The molecule has 5 heteroatoms. The van der Waals surface area contributed by atoms with E-state index in [4.69, 9.17) is 4.74 Å². The van der Waals surface area contributed by atoms with Crippen LogP contribution in [0.25, 0.3) is 0 Å². The molecule has 0 aliphatic heterocycles. The molecule has 1 unspecified atom stereocenters. The number of ether oxygens (including phenoxy) is 1. The van der Waals surface area contributed by atoms with Gasteiger partial charge in [0.05, 0.1) is 12.7 Å².